The van der Waals surface area contributed by atoms with Gasteiger partial charge in [-0.25, -0.2) is 0 Å². The number of aromatic amines is 2. The molecule has 1 aliphatic heterocycles. The molecule has 0 amide bonds. The predicted molar refractivity (Wildman–Crippen MR) is 83.9 cm³/mol. The molecule has 4 rings (SSSR count). The molecule has 0 aromatic carbocycles. The Hall–Kier alpha value is -1.96. The molecule has 3 aromatic heterocycles. The number of hydrogen-bond acceptors (Lipinski definition) is 5. The van der Waals surface area contributed by atoms with Gasteiger partial charge in [-0.1, -0.05) is 6.92 Å². The van der Waals surface area contributed by atoms with E-state index in [1.807, 2.05) is 13.0 Å². The first-order valence-corrected chi connectivity index (χ1v) is 7.92. The Bertz CT molecular complexity index is 897. The van der Waals surface area contributed by atoms with Crippen LogP contribution in [0.2, 0.25) is 0 Å². The highest BCUT2D eigenvalue weighted by atomic mass is 32.1. The number of pyridine rings is 1. The maximum absolute atomic E-state index is 12.4. The molecule has 0 spiro atoms. The van der Waals surface area contributed by atoms with Crippen LogP contribution in [0.4, 0.5) is 0 Å². The van der Waals surface area contributed by atoms with Crippen molar-refractivity contribution in [1.29, 1.82) is 0 Å². The van der Waals surface area contributed by atoms with Gasteiger partial charge >= 0.3 is 0 Å². The number of thiophene rings is 1. The minimum absolute atomic E-state index is 0.165. The predicted octanol–water partition coefficient (Wildman–Crippen LogP) is 2.11. The van der Waals surface area contributed by atoms with E-state index in [9.17, 15) is 9.90 Å². The van der Waals surface area contributed by atoms with Crippen LogP contribution in [0.15, 0.2) is 23.3 Å². The zero-order valence-electron chi connectivity index (χ0n) is 12.0. The van der Waals surface area contributed by atoms with Gasteiger partial charge in [0.05, 0.1) is 25.1 Å². The van der Waals surface area contributed by atoms with E-state index in [4.69, 9.17) is 4.74 Å². The molecule has 0 unspecified atom stereocenters. The molecular weight excluding hydrogens is 302 g/mol. The third-order valence-electron chi connectivity index (χ3n) is 4.22. The smallest absolute Gasteiger partial charge is 0.266 e. The van der Waals surface area contributed by atoms with Gasteiger partial charge in [0.25, 0.3) is 5.56 Å². The lowest BCUT2D eigenvalue weighted by molar-refractivity contribution is -0.0778. The first-order chi connectivity index (χ1) is 10.6. The molecule has 1 aliphatic rings. The molecule has 0 saturated heterocycles. The van der Waals surface area contributed by atoms with Gasteiger partial charge in [0.2, 0.25) is 0 Å². The third kappa shape index (κ3) is 1.86. The van der Waals surface area contributed by atoms with Crippen molar-refractivity contribution in [2.24, 2.45) is 0 Å². The average Bonchev–Trinajstić information content (AvgIpc) is 3.17. The van der Waals surface area contributed by atoms with E-state index in [1.54, 1.807) is 12.4 Å². The molecular formula is C15H15N3O3S. The van der Waals surface area contributed by atoms with E-state index >= 15 is 0 Å². The van der Waals surface area contributed by atoms with Crippen LogP contribution in [0.3, 0.4) is 0 Å². The Morgan fingerprint density at radius 2 is 2.41 bits per heavy atom. The largest absolute Gasteiger partial charge is 0.381 e. The van der Waals surface area contributed by atoms with Gasteiger partial charge < -0.3 is 14.8 Å². The Kier molecular flexibility index (Phi) is 2.97. The highest BCUT2D eigenvalue weighted by Gasteiger charge is 2.36. The van der Waals surface area contributed by atoms with Crippen LogP contribution >= 0.6 is 11.3 Å². The van der Waals surface area contributed by atoms with Crippen molar-refractivity contribution in [3.8, 4) is 10.4 Å². The number of ether oxygens (including phenoxy) is 1. The number of aliphatic hydroxyl groups is 1. The van der Waals surface area contributed by atoms with Gasteiger partial charge in [-0.3, -0.25) is 9.89 Å². The van der Waals surface area contributed by atoms with Gasteiger partial charge in [0.15, 0.2) is 0 Å². The summed E-state index contributed by atoms with van der Waals surface area (Å²) in [4.78, 5) is 16.3. The van der Waals surface area contributed by atoms with Crippen molar-refractivity contribution in [2.45, 2.75) is 25.6 Å². The summed E-state index contributed by atoms with van der Waals surface area (Å²) < 4.78 is 6.22. The molecule has 3 N–H and O–H groups in total. The zero-order valence-corrected chi connectivity index (χ0v) is 12.8. The minimum atomic E-state index is -1.13. The second-order valence-corrected chi connectivity index (χ2v) is 6.58. The lowest BCUT2D eigenvalue weighted by Crippen LogP contribution is -2.38. The molecule has 0 aliphatic carbocycles. The van der Waals surface area contributed by atoms with Crippen molar-refractivity contribution in [3.05, 3.63) is 40.1 Å². The van der Waals surface area contributed by atoms with Crippen LogP contribution in [-0.2, 0) is 16.9 Å². The Balaban J connectivity index is 2.01. The van der Waals surface area contributed by atoms with Crippen LogP contribution in [0.1, 0.15) is 24.6 Å². The maximum Gasteiger partial charge on any atom is 0.266 e. The zero-order chi connectivity index (χ0) is 15.3. The van der Waals surface area contributed by atoms with Gasteiger partial charge in [0.1, 0.15) is 10.3 Å². The summed E-state index contributed by atoms with van der Waals surface area (Å²) in [6.07, 6.45) is 4.01. The Morgan fingerprint density at radius 1 is 1.55 bits per heavy atom. The SMILES string of the molecule is CC[C@]1(O)COCc2c1[nH]c(=O)c1sc(-c3cn[nH]c3)cc21. The Labute approximate surface area is 129 Å². The fraction of sp³-hybridized carbons (Fsp3) is 0.333. The van der Waals surface area contributed by atoms with Crippen LogP contribution in [0, 0.1) is 0 Å². The number of nitrogens with one attached hydrogen (secondary N) is 2. The van der Waals surface area contributed by atoms with Gasteiger partial charge in [-0.15, -0.1) is 11.3 Å². The van der Waals surface area contributed by atoms with Crippen LogP contribution < -0.4 is 5.56 Å². The normalized spacial score (nSPS) is 21.2. The number of fused-ring (bicyclic) bond motifs is 3. The van der Waals surface area contributed by atoms with E-state index in [0.29, 0.717) is 23.4 Å². The van der Waals surface area contributed by atoms with Gasteiger partial charge in [-0.05, 0) is 12.5 Å². The molecule has 0 radical (unpaired) electrons. The van der Waals surface area contributed by atoms with Crippen LogP contribution in [-0.4, -0.2) is 26.9 Å². The summed E-state index contributed by atoms with van der Waals surface area (Å²) in [6.45, 7) is 2.48. The highest BCUT2D eigenvalue weighted by molar-refractivity contribution is 7.22. The first-order valence-electron chi connectivity index (χ1n) is 7.11. The number of rotatable bonds is 2. The van der Waals surface area contributed by atoms with E-state index in [2.05, 4.69) is 15.2 Å². The molecule has 0 bridgehead atoms. The van der Waals surface area contributed by atoms with Gasteiger partial charge in [0, 0.05) is 27.6 Å². The number of aromatic nitrogens is 3. The average molecular weight is 317 g/mol. The quantitative estimate of drug-likeness (QED) is 0.675. The number of nitrogens with zero attached hydrogens (tertiary/aromatic N) is 1. The lowest BCUT2D eigenvalue weighted by atomic mass is 9.90. The summed E-state index contributed by atoms with van der Waals surface area (Å²) >= 11 is 1.42. The fourth-order valence-electron chi connectivity index (χ4n) is 2.91. The molecule has 114 valence electrons. The van der Waals surface area contributed by atoms with Crippen molar-refractivity contribution in [1.82, 2.24) is 15.2 Å². The molecule has 1 atom stereocenters. The lowest BCUT2D eigenvalue weighted by Gasteiger charge is -2.33. The second-order valence-electron chi connectivity index (χ2n) is 5.53. The topological polar surface area (TPSA) is 91.0 Å². The molecule has 0 fully saturated rings. The molecule has 7 heteroatoms. The number of H-pyrrole nitrogens is 2. The van der Waals surface area contributed by atoms with E-state index < -0.39 is 5.60 Å². The van der Waals surface area contributed by atoms with Gasteiger partial charge in [-0.2, -0.15) is 5.10 Å². The summed E-state index contributed by atoms with van der Waals surface area (Å²) in [5, 5.41) is 18.3. The van der Waals surface area contributed by atoms with Crippen molar-refractivity contribution in [2.75, 3.05) is 6.61 Å². The van der Waals surface area contributed by atoms with Crippen molar-refractivity contribution in [3.63, 3.8) is 0 Å². The number of hydrogen-bond donors (Lipinski definition) is 3. The monoisotopic (exact) mass is 317 g/mol. The van der Waals surface area contributed by atoms with Crippen LogP contribution in [0.25, 0.3) is 20.5 Å². The highest BCUT2D eigenvalue weighted by Crippen LogP contribution is 2.38. The Morgan fingerprint density at radius 3 is 3.14 bits per heavy atom. The standard InChI is InChI=1S/C15H15N3O3S/c1-2-15(20)7-21-6-10-9-3-11(8-4-16-17-5-8)22-12(9)14(19)18-13(10)15/h3-5,20H,2,6-7H2,1H3,(H,16,17)(H,18,19)/t15-/m0/s1. The molecule has 6 nitrogen and oxygen atoms in total. The molecule has 22 heavy (non-hydrogen) atoms. The summed E-state index contributed by atoms with van der Waals surface area (Å²) in [6, 6.07) is 1.98. The second kappa shape index (κ2) is 4.77. The minimum Gasteiger partial charge on any atom is -0.381 e. The summed E-state index contributed by atoms with van der Waals surface area (Å²) in [5.74, 6) is 0. The first kappa shape index (κ1) is 13.7. The van der Waals surface area contributed by atoms with E-state index in [0.717, 1.165) is 21.4 Å². The van der Waals surface area contributed by atoms with Crippen molar-refractivity contribution >= 4 is 21.4 Å². The van der Waals surface area contributed by atoms with Crippen LogP contribution in [0.5, 0.6) is 0 Å². The molecule has 3 aromatic rings. The van der Waals surface area contributed by atoms with Crippen molar-refractivity contribution < 1.29 is 9.84 Å². The fourth-order valence-corrected chi connectivity index (χ4v) is 3.97. The third-order valence-corrected chi connectivity index (χ3v) is 5.41. The summed E-state index contributed by atoms with van der Waals surface area (Å²) in [7, 11) is 0. The van der Waals surface area contributed by atoms with E-state index in [-0.39, 0.29) is 12.2 Å². The maximum atomic E-state index is 12.4. The van der Waals surface area contributed by atoms with E-state index in [1.165, 1.54) is 11.3 Å². The molecule has 0 saturated carbocycles. The molecule has 4 heterocycles. The summed E-state index contributed by atoms with van der Waals surface area (Å²) in [5.41, 5.74) is 1.11.